The summed E-state index contributed by atoms with van der Waals surface area (Å²) >= 11 is 0. The van der Waals surface area contributed by atoms with Crippen molar-refractivity contribution in [1.82, 2.24) is 0 Å². The summed E-state index contributed by atoms with van der Waals surface area (Å²) in [5.41, 5.74) is 0.430. The Morgan fingerprint density at radius 3 is 2.19 bits per heavy atom. The first kappa shape index (κ1) is 17.2. The van der Waals surface area contributed by atoms with E-state index < -0.39 is 11.9 Å². The van der Waals surface area contributed by atoms with Gasteiger partial charge in [0.25, 0.3) is 0 Å². The van der Waals surface area contributed by atoms with Crippen molar-refractivity contribution >= 4 is 11.9 Å². The first-order chi connectivity index (χ1) is 10.1. The molecule has 1 N–H and O–H groups in total. The number of esters is 2. The molecule has 0 aromatic heterocycles. The van der Waals surface area contributed by atoms with E-state index in [1.54, 1.807) is 38.1 Å². The van der Waals surface area contributed by atoms with E-state index in [2.05, 4.69) is 0 Å². The van der Waals surface area contributed by atoms with Crippen molar-refractivity contribution in [3.63, 3.8) is 0 Å². The molecule has 1 aromatic rings. The Kier molecular flexibility index (Phi) is 7.46. The van der Waals surface area contributed by atoms with Crippen LogP contribution in [0.2, 0.25) is 0 Å². The van der Waals surface area contributed by atoms with Crippen molar-refractivity contribution in [2.24, 2.45) is 0 Å². The lowest BCUT2D eigenvalue weighted by atomic mass is 10.1. The van der Waals surface area contributed by atoms with Crippen molar-refractivity contribution in [2.75, 3.05) is 13.2 Å². The highest BCUT2D eigenvalue weighted by molar-refractivity contribution is 6.03. The van der Waals surface area contributed by atoms with Gasteiger partial charge in [-0.3, -0.25) is 0 Å². The number of rotatable bonds is 8. The summed E-state index contributed by atoms with van der Waals surface area (Å²) in [6.07, 6.45) is 1.80. The minimum absolute atomic E-state index is 0.214. The van der Waals surface area contributed by atoms with Crippen LogP contribution in [-0.4, -0.2) is 36.4 Å². The summed E-state index contributed by atoms with van der Waals surface area (Å²) in [7, 11) is 0. The van der Waals surface area contributed by atoms with E-state index in [-0.39, 0.29) is 30.4 Å². The topological polar surface area (TPSA) is 72.8 Å². The second-order valence-electron chi connectivity index (χ2n) is 4.75. The maximum Gasteiger partial charge on any atom is 0.339 e. The number of aliphatic hydroxyl groups excluding tert-OH is 1. The average Bonchev–Trinajstić information content (AvgIpc) is 2.46. The molecule has 5 nitrogen and oxygen atoms in total. The van der Waals surface area contributed by atoms with Gasteiger partial charge in [-0.05, 0) is 45.2 Å². The fourth-order valence-electron chi connectivity index (χ4n) is 1.83. The zero-order chi connectivity index (χ0) is 15.7. The van der Waals surface area contributed by atoms with Crippen LogP contribution in [0.3, 0.4) is 0 Å². The van der Waals surface area contributed by atoms with Crippen molar-refractivity contribution in [2.45, 2.75) is 39.2 Å². The standard InChI is InChI=1S/C16H22O5/c1-3-20-15(18)13-9-4-5-10-14(13)16(19)21-11-7-6-8-12(2)17/h4-5,9-10,12,17H,3,6-8,11H2,1-2H3. The minimum atomic E-state index is -0.532. The van der Waals surface area contributed by atoms with E-state index in [0.717, 1.165) is 6.42 Å². The van der Waals surface area contributed by atoms with E-state index in [1.165, 1.54) is 0 Å². The van der Waals surface area contributed by atoms with Gasteiger partial charge in [-0.15, -0.1) is 0 Å². The highest BCUT2D eigenvalue weighted by Gasteiger charge is 2.18. The Hall–Kier alpha value is -1.88. The first-order valence-electron chi connectivity index (χ1n) is 7.17. The Bertz CT molecular complexity index is 467. The van der Waals surface area contributed by atoms with Gasteiger partial charge in [-0.1, -0.05) is 12.1 Å². The number of unbranched alkanes of at least 4 members (excludes halogenated alkanes) is 1. The van der Waals surface area contributed by atoms with Crippen LogP contribution in [0.4, 0.5) is 0 Å². The number of hydrogen-bond acceptors (Lipinski definition) is 5. The molecule has 1 rings (SSSR count). The van der Waals surface area contributed by atoms with Crippen LogP contribution >= 0.6 is 0 Å². The largest absolute Gasteiger partial charge is 0.462 e. The summed E-state index contributed by atoms with van der Waals surface area (Å²) in [5.74, 6) is -1.06. The SMILES string of the molecule is CCOC(=O)c1ccccc1C(=O)OCCCCC(C)O. The van der Waals surface area contributed by atoms with E-state index in [9.17, 15) is 9.59 Å². The Labute approximate surface area is 124 Å². The van der Waals surface area contributed by atoms with Crippen LogP contribution in [0.15, 0.2) is 24.3 Å². The summed E-state index contributed by atoms with van der Waals surface area (Å²) in [6.45, 7) is 3.95. The average molecular weight is 294 g/mol. The highest BCUT2D eigenvalue weighted by atomic mass is 16.5. The fourth-order valence-corrected chi connectivity index (χ4v) is 1.83. The van der Waals surface area contributed by atoms with E-state index in [1.807, 2.05) is 0 Å². The summed E-state index contributed by atoms with van der Waals surface area (Å²) in [6, 6.07) is 6.44. The Morgan fingerprint density at radius 2 is 1.67 bits per heavy atom. The zero-order valence-corrected chi connectivity index (χ0v) is 12.5. The van der Waals surface area contributed by atoms with Gasteiger partial charge in [0, 0.05) is 0 Å². The molecule has 0 bridgehead atoms. The molecule has 5 heteroatoms. The monoisotopic (exact) mass is 294 g/mol. The van der Waals surface area contributed by atoms with Gasteiger partial charge in [-0.25, -0.2) is 9.59 Å². The maximum atomic E-state index is 12.0. The summed E-state index contributed by atoms with van der Waals surface area (Å²) in [4.78, 5) is 23.8. The molecule has 0 amide bonds. The Morgan fingerprint density at radius 1 is 1.10 bits per heavy atom. The van der Waals surface area contributed by atoms with Crippen molar-refractivity contribution < 1.29 is 24.2 Å². The quantitative estimate of drug-likeness (QED) is 0.589. The molecular weight excluding hydrogens is 272 g/mol. The van der Waals surface area contributed by atoms with Gasteiger partial charge in [0.1, 0.15) is 0 Å². The van der Waals surface area contributed by atoms with Gasteiger partial charge in [-0.2, -0.15) is 0 Å². The van der Waals surface area contributed by atoms with Crippen LogP contribution in [0.5, 0.6) is 0 Å². The molecule has 1 aromatic carbocycles. The molecule has 0 aliphatic rings. The lowest BCUT2D eigenvalue weighted by Gasteiger charge is -2.09. The first-order valence-corrected chi connectivity index (χ1v) is 7.17. The predicted molar refractivity (Wildman–Crippen MR) is 78.2 cm³/mol. The fraction of sp³-hybridized carbons (Fsp3) is 0.500. The normalized spacial score (nSPS) is 11.8. The van der Waals surface area contributed by atoms with Gasteiger partial charge >= 0.3 is 11.9 Å². The number of carbonyl (C=O) groups excluding carboxylic acids is 2. The molecule has 0 aliphatic heterocycles. The van der Waals surface area contributed by atoms with Gasteiger partial charge < -0.3 is 14.6 Å². The number of hydrogen-bond donors (Lipinski definition) is 1. The molecule has 0 fully saturated rings. The van der Waals surface area contributed by atoms with Crippen LogP contribution < -0.4 is 0 Å². The van der Waals surface area contributed by atoms with Gasteiger partial charge in [0.15, 0.2) is 0 Å². The lowest BCUT2D eigenvalue weighted by molar-refractivity contribution is 0.0460. The van der Waals surface area contributed by atoms with Gasteiger partial charge in [0.2, 0.25) is 0 Å². The number of benzene rings is 1. The molecule has 0 aliphatic carbocycles. The van der Waals surface area contributed by atoms with Gasteiger partial charge in [0.05, 0.1) is 30.4 Å². The third-order valence-corrected chi connectivity index (χ3v) is 2.89. The molecule has 116 valence electrons. The molecule has 0 spiro atoms. The molecule has 1 unspecified atom stereocenters. The number of aliphatic hydroxyl groups is 1. The lowest BCUT2D eigenvalue weighted by Crippen LogP contribution is -2.14. The predicted octanol–water partition coefficient (Wildman–Crippen LogP) is 2.57. The second kappa shape index (κ2) is 9.13. The van der Waals surface area contributed by atoms with Crippen LogP contribution in [0.1, 0.15) is 53.8 Å². The molecule has 0 radical (unpaired) electrons. The minimum Gasteiger partial charge on any atom is -0.462 e. The van der Waals surface area contributed by atoms with E-state index in [0.29, 0.717) is 12.8 Å². The molecule has 0 saturated heterocycles. The molecule has 21 heavy (non-hydrogen) atoms. The van der Waals surface area contributed by atoms with Crippen molar-refractivity contribution in [3.05, 3.63) is 35.4 Å². The van der Waals surface area contributed by atoms with Crippen LogP contribution in [-0.2, 0) is 9.47 Å². The maximum absolute atomic E-state index is 12.0. The third kappa shape index (κ3) is 5.95. The highest BCUT2D eigenvalue weighted by Crippen LogP contribution is 2.12. The third-order valence-electron chi connectivity index (χ3n) is 2.89. The molecule has 1 atom stereocenters. The molecular formula is C16H22O5. The zero-order valence-electron chi connectivity index (χ0n) is 12.5. The van der Waals surface area contributed by atoms with E-state index >= 15 is 0 Å². The smallest absolute Gasteiger partial charge is 0.339 e. The van der Waals surface area contributed by atoms with E-state index in [4.69, 9.17) is 14.6 Å². The second-order valence-corrected chi connectivity index (χ2v) is 4.75. The van der Waals surface area contributed by atoms with Crippen LogP contribution in [0, 0.1) is 0 Å². The van der Waals surface area contributed by atoms with Crippen molar-refractivity contribution in [3.8, 4) is 0 Å². The molecule has 0 saturated carbocycles. The number of ether oxygens (including phenoxy) is 2. The van der Waals surface area contributed by atoms with Crippen molar-refractivity contribution in [1.29, 1.82) is 0 Å². The summed E-state index contributed by atoms with van der Waals surface area (Å²) < 4.78 is 10.1. The van der Waals surface area contributed by atoms with Crippen LogP contribution in [0.25, 0.3) is 0 Å². The number of carbonyl (C=O) groups is 2. The summed E-state index contributed by atoms with van der Waals surface area (Å²) in [5, 5.41) is 9.13. The molecule has 0 heterocycles. The Balaban J connectivity index is 2.56.